The van der Waals surface area contributed by atoms with E-state index >= 15 is 0 Å². The van der Waals surface area contributed by atoms with Gasteiger partial charge in [-0.15, -0.1) is 0 Å². The number of hydrogen-bond donors (Lipinski definition) is 1. The molecule has 23 heavy (non-hydrogen) atoms. The smallest absolute Gasteiger partial charge is 0.249 e. The van der Waals surface area contributed by atoms with Crippen molar-refractivity contribution in [1.29, 1.82) is 0 Å². The first-order valence-corrected chi connectivity index (χ1v) is 8.72. The van der Waals surface area contributed by atoms with Crippen molar-refractivity contribution < 1.29 is 14.3 Å². The molecule has 1 aliphatic rings. The third kappa shape index (κ3) is 4.69. The number of carbonyl (C=O) groups excluding carboxylic acids is 1. The molecule has 0 radical (unpaired) electrons. The number of benzene rings is 1. The first-order valence-electron chi connectivity index (χ1n) is 8.34. The zero-order valence-electron chi connectivity index (χ0n) is 13.9. The fraction of sp³-hybridized carbons (Fsp3) is 0.611. The van der Waals surface area contributed by atoms with E-state index < -0.39 is 0 Å². The molecule has 1 heterocycles. The number of ether oxygens (including phenoxy) is 2. The van der Waals surface area contributed by atoms with Crippen molar-refractivity contribution in [3.63, 3.8) is 0 Å². The zero-order valence-corrected chi connectivity index (χ0v) is 14.7. The van der Waals surface area contributed by atoms with E-state index in [1.807, 2.05) is 32.0 Å². The third-order valence-corrected chi connectivity index (χ3v) is 4.75. The maximum absolute atomic E-state index is 12.4. The Balaban J connectivity index is 2.11. The van der Waals surface area contributed by atoms with Crippen LogP contribution in [0.15, 0.2) is 24.3 Å². The highest BCUT2D eigenvalue weighted by atomic mass is 35.5. The molecule has 0 unspecified atom stereocenters. The van der Waals surface area contributed by atoms with Crippen LogP contribution in [0.5, 0.6) is 0 Å². The topological polar surface area (TPSA) is 47.6 Å². The Kier molecular flexibility index (Phi) is 6.88. The van der Waals surface area contributed by atoms with Crippen LogP contribution in [-0.2, 0) is 19.7 Å². The summed E-state index contributed by atoms with van der Waals surface area (Å²) in [4.78, 5) is 12.4. The van der Waals surface area contributed by atoms with Crippen LogP contribution >= 0.6 is 11.6 Å². The van der Waals surface area contributed by atoms with Gasteiger partial charge in [-0.2, -0.15) is 0 Å². The maximum atomic E-state index is 12.4. The lowest BCUT2D eigenvalue weighted by Gasteiger charge is -2.38. The molecule has 1 atom stereocenters. The fourth-order valence-corrected chi connectivity index (χ4v) is 3.29. The number of hydrogen-bond acceptors (Lipinski definition) is 3. The van der Waals surface area contributed by atoms with Crippen LogP contribution < -0.4 is 5.32 Å². The predicted molar refractivity (Wildman–Crippen MR) is 91.9 cm³/mol. The molecule has 128 valence electrons. The van der Waals surface area contributed by atoms with Gasteiger partial charge in [0.2, 0.25) is 5.91 Å². The maximum Gasteiger partial charge on any atom is 0.249 e. The molecular weight excluding hydrogens is 314 g/mol. The van der Waals surface area contributed by atoms with Crippen molar-refractivity contribution in [2.75, 3.05) is 26.4 Å². The summed E-state index contributed by atoms with van der Waals surface area (Å²) in [5.74, 6) is -0.0396. The van der Waals surface area contributed by atoms with Crippen molar-refractivity contribution in [3.05, 3.63) is 34.9 Å². The lowest BCUT2D eigenvalue weighted by atomic mass is 9.74. The van der Waals surface area contributed by atoms with Crippen molar-refractivity contribution in [2.24, 2.45) is 0 Å². The first kappa shape index (κ1) is 18.2. The molecule has 0 aromatic heterocycles. The number of halogens is 1. The summed E-state index contributed by atoms with van der Waals surface area (Å²) < 4.78 is 11.0. The lowest BCUT2D eigenvalue weighted by Crippen LogP contribution is -2.47. The Labute approximate surface area is 143 Å². The number of amides is 1. The molecule has 1 aromatic rings. The van der Waals surface area contributed by atoms with Gasteiger partial charge < -0.3 is 14.8 Å². The van der Waals surface area contributed by atoms with Gasteiger partial charge in [0.1, 0.15) is 6.10 Å². The Morgan fingerprint density at radius 1 is 1.39 bits per heavy atom. The molecule has 0 spiro atoms. The van der Waals surface area contributed by atoms with Gasteiger partial charge in [0.15, 0.2) is 0 Å². The highest BCUT2D eigenvalue weighted by Gasteiger charge is 2.35. The minimum atomic E-state index is -0.378. The summed E-state index contributed by atoms with van der Waals surface area (Å²) in [6, 6.07) is 7.92. The van der Waals surface area contributed by atoms with Crippen LogP contribution in [0.3, 0.4) is 0 Å². The first-order chi connectivity index (χ1) is 11.1. The van der Waals surface area contributed by atoms with E-state index in [2.05, 4.69) is 11.4 Å². The van der Waals surface area contributed by atoms with Gasteiger partial charge in [0.05, 0.1) is 0 Å². The molecule has 0 saturated carbocycles. The summed E-state index contributed by atoms with van der Waals surface area (Å²) in [7, 11) is 0. The fourth-order valence-electron chi connectivity index (χ4n) is 3.10. The van der Waals surface area contributed by atoms with Crippen LogP contribution in [0.25, 0.3) is 0 Å². The van der Waals surface area contributed by atoms with Crippen molar-refractivity contribution >= 4 is 17.5 Å². The second-order valence-electron chi connectivity index (χ2n) is 5.97. The average molecular weight is 340 g/mol. The van der Waals surface area contributed by atoms with Gasteiger partial charge in [-0.1, -0.05) is 30.7 Å². The molecule has 1 saturated heterocycles. The molecule has 1 aliphatic heterocycles. The summed E-state index contributed by atoms with van der Waals surface area (Å²) >= 11 is 6.16. The van der Waals surface area contributed by atoms with Gasteiger partial charge in [-0.25, -0.2) is 0 Å². The predicted octanol–water partition coefficient (Wildman–Crippen LogP) is 3.32. The molecule has 2 rings (SSSR count). The highest BCUT2D eigenvalue weighted by Crippen LogP contribution is 2.35. The van der Waals surface area contributed by atoms with Crippen LogP contribution in [-0.4, -0.2) is 38.4 Å². The molecule has 0 aliphatic carbocycles. The Morgan fingerprint density at radius 2 is 2.13 bits per heavy atom. The van der Waals surface area contributed by atoms with Crippen LogP contribution in [0.4, 0.5) is 0 Å². The van der Waals surface area contributed by atoms with E-state index in [-0.39, 0.29) is 17.4 Å². The molecule has 1 amide bonds. The Morgan fingerprint density at radius 3 is 2.74 bits per heavy atom. The van der Waals surface area contributed by atoms with Gasteiger partial charge in [0, 0.05) is 36.8 Å². The van der Waals surface area contributed by atoms with E-state index in [0.717, 1.165) is 23.4 Å². The van der Waals surface area contributed by atoms with Gasteiger partial charge in [-0.3, -0.25) is 4.79 Å². The summed E-state index contributed by atoms with van der Waals surface area (Å²) in [5.41, 5.74) is 1.04. The summed E-state index contributed by atoms with van der Waals surface area (Å²) in [6.07, 6.45) is 2.04. The van der Waals surface area contributed by atoms with Crippen LogP contribution in [0, 0.1) is 0 Å². The molecule has 0 bridgehead atoms. The zero-order chi connectivity index (χ0) is 16.7. The van der Waals surface area contributed by atoms with Gasteiger partial charge in [-0.05, 0) is 43.9 Å². The number of carbonyl (C=O) groups is 1. The molecule has 1 N–H and O–H groups in total. The number of nitrogens with one attached hydrogen (secondary N) is 1. The third-order valence-electron chi connectivity index (χ3n) is 4.52. The molecule has 1 fully saturated rings. The quantitative estimate of drug-likeness (QED) is 0.829. The van der Waals surface area contributed by atoms with E-state index in [1.54, 1.807) is 0 Å². The second kappa shape index (κ2) is 8.67. The minimum Gasteiger partial charge on any atom is -0.381 e. The highest BCUT2D eigenvalue weighted by molar-refractivity contribution is 6.30. The van der Waals surface area contributed by atoms with Gasteiger partial charge >= 0.3 is 0 Å². The SMILES string of the molecule is CCO[C@@H](CC)C(=O)NCC1(c2cccc(Cl)c2)CCOCC1. The van der Waals surface area contributed by atoms with E-state index in [1.165, 1.54) is 0 Å². The molecule has 1 aromatic carbocycles. The Bertz CT molecular complexity index is 515. The molecule has 4 nitrogen and oxygen atoms in total. The Hall–Kier alpha value is -1.10. The lowest BCUT2D eigenvalue weighted by molar-refractivity contribution is -0.133. The normalized spacial score (nSPS) is 18.4. The van der Waals surface area contributed by atoms with Crippen molar-refractivity contribution in [1.82, 2.24) is 5.32 Å². The summed E-state index contributed by atoms with van der Waals surface area (Å²) in [5, 5.41) is 3.81. The van der Waals surface area contributed by atoms with Crippen LogP contribution in [0.2, 0.25) is 5.02 Å². The van der Waals surface area contributed by atoms with E-state index in [0.29, 0.717) is 32.8 Å². The van der Waals surface area contributed by atoms with Gasteiger partial charge in [0.25, 0.3) is 0 Å². The van der Waals surface area contributed by atoms with Crippen molar-refractivity contribution in [3.8, 4) is 0 Å². The van der Waals surface area contributed by atoms with E-state index in [4.69, 9.17) is 21.1 Å². The average Bonchev–Trinajstić information content (AvgIpc) is 2.58. The van der Waals surface area contributed by atoms with E-state index in [9.17, 15) is 4.79 Å². The molecular formula is C18H26ClNO3. The monoisotopic (exact) mass is 339 g/mol. The second-order valence-corrected chi connectivity index (χ2v) is 6.41. The van der Waals surface area contributed by atoms with Crippen molar-refractivity contribution in [2.45, 2.75) is 44.6 Å². The number of rotatable bonds is 7. The largest absolute Gasteiger partial charge is 0.381 e. The van der Waals surface area contributed by atoms with Crippen LogP contribution in [0.1, 0.15) is 38.7 Å². The standard InChI is InChI=1S/C18H26ClNO3/c1-3-16(23-4-2)17(21)20-13-18(8-10-22-11-9-18)14-6-5-7-15(19)12-14/h5-7,12,16H,3-4,8-11,13H2,1-2H3,(H,20,21)/t16-/m0/s1. The summed E-state index contributed by atoms with van der Waals surface area (Å²) in [6.45, 7) is 6.39. The minimum absolute atomic E-state index is 0.0396. The molecule has 5 heteroatoms.